The molecule has 4 aromatic rings. The summed E-state index contributed by atoms with van der Waals surface area (Å²) in [6.07, 6.45) is 1.90. The summed E-state index contributed by atoms with van der Waals surface area (Å²) in [7, 11) is -2.68. The zero-order valence-corrected chi connectivity index (χ0v) is 28.9. The number of ether oxygens (including phenoxy) is 1. The van der Waals surface area contributed by atoms with Crippen molar-refractivity contribution in [2.75, 3.05) is 24.5 Å². The third-order valence-corrected chi connectivity index (χ3v) is 10.2. The van der Waals surface area contributed by atoms with E-state index in [9.17, 15) is 18.0 Å². The van der Waals surface area contributed by atoms with Crippen LogP contribution in [0.4, 0.5) is 5.69 Å². The Labute approximate surface area is 283 Å². The van der Waals surface area contributed by atoms with Crippen molar-refractivity contribution in [3.8, 4) is 5.75 Å². The smallest absolute Gasteiger partial charge is 0.264 e. The summed E-state index contributed by atoms with van der Waals surface area (Å²) in [5, 5.41) is 3.37. The lowest BCUT2D eigenvalue weighted by Crippen LogP contribution is -2.53. The maximum absolute atomic E-state index is 14.7. The topological polar surface area (TPSA) is 96.0 Å². The summed E-state index contributed by atoms with van der Waals surface area (Å²) in [4.78, 5) is 30.1. The number of benzene rings is 4. The number of carbonyl (C=O) groups is 2. The minimum absolute atomic E-state index is 0.0350. The number of hydrogen-bond donors (Lipinski definition) is 1. The normalized spacial score (nSPS) is 11.9. The molecular formula is C37H42ClN3O5S. The number of nitrogens with one attached hydrogen (secondary N) is 1. The third-order valence-electron chi connectivity index (χ3n) is 7.98. The van der Waals surface area contributed by atoms with Crippen LogP contribution in [0.2, 0.25) is 5.02 Å². The Morgan fingerprint density at radius 3 is 2.26 bits per heavy atom. The molecular weight excluding hydrogens is 634 g/mol. The Morgan fingerprint density at radius 2 is 1.57 bits per heavy atom. The van der Waals surface area contributed by atoms with Crippen molar-refractivity contribution < 1.29 is 22.7 Å². The van der Waals surface area contributed by atoms with Crippen molar-refractivity contribution in [3.63, 3.8) is 0 Å². The van der Waals surface area contributed by atoms with E-state index in [1.165, 1.54) is 17.0 Å². The highest BCUT2D eigenvalue weighted by atomic mass is 35.5. The molecule has 0 fully saturated rings. The molecule has 0 aromatic heterocycles. The molecule has 47 heavy (non-hydrogen) atoms. The highest BCUT2D eigenvalue weighted by Crippen LogP contribution is 2.31. The van der Waals surface area contributed by atoms with Crippen LogP contribution in [-0.4, -0.2) is 51.4 Å². The molecule has 2 amide bonds. The van der Waals surface area contributed by atoms with Crippen molar-refractivity contribution in [1.82, 2.24) is 10.2 Å². The predicted molar refractivity (Wildman–Crippen MR) is 187 cm³/mol. The quantitative estimate of drug-likeness (QED) is 0.141. The van der Waals surface area contributed by atoms with Gasteiger partial charge in [-0.15, -0.1) is 0 Å². The number of anilines is 1. The first-order chi connectivity index (χ1) is 22.5. The first kappa shape index (κ1) is 35.5. The molecule has 1 unspecified atom stereocenters. The van der Waals surface area contributed by atoms with Crippen LogP contribution in [0.3, 0.4) is 0 Å². The molecule has 1 N–H and O–H groups in total. The van der Waals surface area contributed by atoms with Crippen LogP contribution in [0, 0.1) is 13.8 Å². The number of amides is 2. The summed E-state index contributed by atoms with van der Waals surface area (Å²) >= 11 is 6.47. The maximum Gasteiger partial charge on any atom is 0.264 e. The first-order valence-corrected chi connectivity index (χ1v) is 17.5. The van der Waals surface area contributed by atoms with Crippen LogP contribution < -0.4 is 14.4 Å². The molecule has 0 aliphatic rings. The van der Waals surface area contributed by atoms with E-state index in [0.29, 0.717) is 22.9 Å². The van der Waals surface area contributed by atoms with Gasteiger partial charge < -0.3 is 15.0 Å². The number of sulfonamides is 1. The van der Waals surface area contributed by atoms with E-state index in [1.807, 2.05) is 56.3 Å². The molecule has 0 aliphatic heterocycles. The maximum atomic E-state index is 14.7. The van der Waals surface area contributed by atoms with Gasteiger partial charge in [-0.3, -0.25) is 13.9 Å². The second-order valence-corrected chi connectivity index (χ2v) is 13.7. The predicted octanol–water partition coefficient (Wildman–Crippen LogP) is 6.72. The molecule has 1 atom stereocenters. The average molecular weight is 676 g/mol. The average Bonchev–Trinajstić information content (AvgIpc) is 3.07. The fraction of sp³-hybridized carbons (Fsp3) is 0.297. The van der Waals surface area contributed by atoms with Crippen molar-refractivity contribution in [1.29, 1.82) is 0 Å². The molecule has 0 aliphatic carbocycles. The van der Waals surface area contributed by atoms with Crippen molar-refractivity contribution in [2.45, 2.75) is 57.5 Å². The Kier molecular flexibility index (Phi) is 12.4. The third kappa shape index (κ3) is 9.14. The van der Waals surface area contributed by atoms with Gasteiger partial charge in [0, 0.05) is 24.5 Å². The van der Waals surface area contributed by atoms with Crippen LogP contribution >= 0.6 is 11.6 Å². The molecule has 248 valence electrons. The van der Waals surface area contributed by atoms with Gasteiger partial charge in [0.15, 0.2) is 0 Å². The largest absolute Gasteiger partial charge is 0.497 e. The molecule has 0 radical (unpaired) electrons. The van der Waals surface area contributed by atoms with E-state index in [0.717, 1.165) is 33.8 Å². The summed E-state index contributed by atoms with van der Waals surface area (Å²) in [6, 6.07) is 27.2. The number of aryl methyl sites for hydroxylation is 1. The molecule has 0 heterocycles. The minimum Gasteiger partial charge on any atom is -0.497 e. The van der Waals surface area contributed by atoms with E-state index in [2.05, 4.69) is 5.32 Å². The fourth-order valence-electron chi connectivity index (χ4n) is 5.24. The fourth-order valence-corrected chi connectivity index (χ4v) is 6.89. The van der Waals surface area contributed by atoms with Crippen molar-refractivity contribution in [2.24, 2.45) is 0 Å². The zero-order valence-electron chi connectivity index (χ0n) is 27.3. The Balaban J connectivity index is 1.83. The van der Waals surface area contributed by atoms with Gasteiger partial charge in [0.25, 0.3) is 10.0 Å². The van der Waals surface area contributed by atoms with Gasteiger partial charge in [-0.05, 0) is 73.4 Å². The van der Waals surface area contributed by atoms with E-state index < -0.39 is 28.5 Å². The van der Waals surface area contributed by atoms with Crippen molar-refractivity contribution in [3.05, 3.63) is 124 Å². The summed E-state index contributed by atoms with van der Waals surface area (Å²) in [5.41, 5.74) is 3.27. The Morgan fingerprint density at radius 1 is 0.894 bits per heavy atom. The number of carbonyl (C=O) groups excluding carboxylic acids is 2. The molecule has 0 saturated carbocycles. The molecule has 0 spiro atoms. The summed E-state index contributed by atoms with van der Waals surface area (Å²) in [6.45, 7) is 5.56. The number of rotatable bonds is 15. The van der Waals surface area contributed by atoms with E-state index >= 15 is 0 Å². The molecule has 4 aromatic carbocycles. The van der Waals surface area contributed by atoms with Crippen LogP contribution in [0.15, 0.2) is 102 Å². The Bertz CT molecular complexity index is 1760. The van der Waals surface area contributed by atoms with Gasteiger partial charge in [0.2, 0.25) is 11.8 Å². The van der Waals surface area contributed by atoms with Crippen LogP contribution in [0.1, 0.15) is 42.0 Å². The van der Waals surface area contributed by atoms with Gasteiger partial charge in [0.1, 0.15) is 18.3 Å². The van der Waals surface area contributed by atoms with Crippen molar-refractivity contribution >= 4 is 39.1 Å². The lowest BCUT2D eigenvalue weighted by Gasteiger charge is -2.34. The second-order valence-electron chi connectivity index (χ2n) is 11.4. The molecule has 8 nitrogen and oxygen atoms in total. The van der Waals surface area contributed by atoms with Gasteiger partial charge in [0.05, 0.1) is 17.7 Å². The number of unbranched alkanes of at least 4 members (excludes halogenated alkanes) is 1. The first-order valence-electron chi connectivity index (χ1n) is 15.6. The van der Waals surface area contributed by atoms with Crippen LogP contribution in [-0.2, 0) is 32.6 Å². The summed E-state index contributed by atoms with van der Waals surface area (Å²) in [5.74, 6) is -0.264. The number of halogens is 1. The van der Waals surface area contributed by atoms with E-state index in [4.69, 9.17) is 16.3 Å². The van der Waals surface area contributed by atoms with Crippen LogP contribution in [0.5, 0.6) is 5.75 Å². The molecule has 4 rings (SSSR count). The Hall–Kier alpha value is -4.34. The number of nitrogens with zero attached hydrogens (tertiary/aromatic N) is 2. The van der Waals surface area contributed by atoms with Gasteiger partial charge >= 0.3 is 0 Å². The molecule has 0 saturated heterocycles. The van der Waals surface area contributed by atoms with Gasteiger partial charge in [-0.1, -0.05) is 91.2 Å². The minimum atomic E-state index is -4.24. The second kappa shape index (κ2) is 16.5. The summed E-state index contributed by atoms with van der Waals surface area (Å²) < 4.78 is 35.1. The number of methoxy groups -OCH3 is 1. The SMILES string of the molecule is CCCCNC(=O)C(Cc1ccccc1)N(Cc1cccc(OC)c1)C(=O)CN(c1cccc(Cl)c1C)S(=O)(=O)c1ccc(C)cc1. The molecule has 10 heteroatoms. The number of hydrogen-bond acceptors (Lipinski definition) is 5. The zero-order chi connectivity index (χ0) is 34.0. The van der Waals surface area contributed by atoms with Gasteiger partial charge in [-0.25, -0.2) is 8.42 Å². The van der Waals surface area contributed by atoms with Gasteiger partial charge in [-0.2, -0.15) is 0 Å². The van der Waals surface area contributed by atoms with E-state index in [-0.39, 0.29) is 29.5 Å². The highest BCUT2D eigenvalue weighted by molar-refractivity contribution is 7.92. The van der Waals surface area contributed by atoms with Crippen LogP contribution in [0.25, 0.3) is 0 Å². The monoisotopic (exact) mass is 675 g/mol. The standard InChI is InChI=1S/C37H42ClN3O5S/c1-5-6-22-39-37(43)35(24-29-12-8-7-9-13-29)40(25-30-14-10-15-31(23-30)46-4)36(42)26-41(34-17-11-16-33(38)28(34)3)47(44,45)32-20-18-27(2)19-21-32/h7-21,23,35H,5-6,22,24-26H2,1-4H3,(H,39,43). The lowest BCUT2D eigenvalue weighted by atomic mass is 10.0. The van der Waals surface area contributed by atoms with E-state index in [1.54, 1.807) is 56.5 Å². The molecule has 0 bridgehead atoms. The lowest BCUT2D eigenvalue weighted by molar-refractivity contribution is -0.140. The highest BCUT2D eigenvalue weighted by Gasteiger charge is 2.35.